The molecule has 2 amide bonds. The lowest BCUT2D eigenvalue weighted by atomic mass is 10.1. The number of hydrogen-bond acceptors (Lipinski definition) is 2. The second-order valence-electron chi connectivity index (χ2n) is 6.77. The number of carbonyl (C=O) groups excluding carboxylic acids is 2. The van der Waals surface area contributed by atoms with Gasteiger partial charge in [-0.05, 0) is 55.5 Å². The summed E-state index contributed by atoms with van der Waals surface area (Å²) >= 11 is 0. The molecule has 0 bridgehead atoms. The summed E-state index contributed by atoms with van der Waals surface area (Å²) in [5.41, 5.74) is 2.27. The van der Waals surface area contributed by atoms with Gasteiger partial charge in [0.2, 0.25) is 11.8 Å². The van der Waals surface area contributed by atoms with Gasteiger partial charge in [0.25, 0.3) is 0 Å². The van der Waals surface area contributed by atoms with E-state index < -0.39 is 0 Å². The fourth-order valence-electron chi connectivity index (χ4n) is 2.79. The van der Waals surface area contributed by atoms with Crippen molar-refractivity contribution in [2.75, 3.05) is 5.32 Å². The molecule has 1 unspecified atom stereocenters. The van der Waals surface area contributed by atoms with Crippen LogP contribution in [0.3, 0.4) is 0 Å². The summed E-state index contributed by atoms with van der Waals surface area (Å²) < 4.78 is 13.6. The number of aryl methyl sites for hydroxylation is 1. The zero-order chi connectivity index (χ0) is 18.5. The molecule has 2 aromatic carbocycles. The van der Waals surface area contributed by atoms with Gasteiger partial charge in [0.1, 0.15) is 5.82 Å². The molecule has 5 heteroatoms. The normalized spacial score (nSPS) is 14.5. The van der Waals surface area contributed by atoms with Crippen LogP contribution in [0.4, 0.5) is 10.1 Å². The van der Waals surface area contributed by atoms with Crippen molar-refractivity contribution in [3.05, 3.63) is 65.5 Å². The van der Waals surface area contributed by atoms with Gasteiger partial charge < -0.3 is 10.6 Å². The van der Waals surface area contributed by atoms with Crippen LogP contribution in [0, 0.1) is 11.7 Å². The van der Waals surface area contributed by atoms with E-state index in [1.165, 1.54) is 6.07 Å². The Morgan fingerprint density at radius 1 is 1.12 bits per heavy atom. The van der Waals surface area contributed by atoms with Gasteiger partial charge in [0.05, 0.1) is 6.04 Å². The number of carbonyl (C=O) groups is 2. The van der Waals surface area contributed by atoms with Crippen molar-refractivity contribution in [3.63, 3.8) is 0 Å². The molecule has 4 nitrogen and oxygen atoms in total. The lowest BCUT2D eigenvalue weighted by Crippen LogP contribution is -2.26. The molecular formula is C21H23FN2O2. The van der Waals surface area contributed by atoms with Crippen molar-refractivity contribution in [2.45, 2.75) is 38.6 Å². The van der Waals surface area contributed by atoms with Crippen molar-refractivity contribution < 1.29 is 14.0 Å². The van der Waals surface area contributed by atoms with Crippen molar-refractivity contribution in [1.82, 2.24) is 5.32 Å². The van der Waals surface area contributed by atoms with E-state index in [4.69, 9.17) is 0 Å². The first-order valence-corrected chi connectivity index (χ1v) is 8.96. The van der Waals surface area contributed by atoms with Gasteiger partial charge >= 0.3 is 0 Å². The van der Waals surface area contributed by atoms with E-state index >= 15 is 0 Å². The Bertz CT molecular complexity index is 785. The third-order valence-electron chi connectivity index (χ3n) is 4.58. The van der Waals surface area contributed by atoms with E-state index in [9.17, 15) is 14.0 Å². The van der Waals surface area contributed by atoms with Crippen molar-refractivity contribution >= 4 is 17.5 Å². The van der Waals surface area contributed by atoms with E-state index in [1.54, 1.807) is 18.2 Å². The molecule has 1 aliphatic carbocycles. The first kappa shape index (κ1) is 18.1. The predicted octanol–water partition coefficient (Wildman–Crippen LogP) is 3.98. The van der Waals surface area contributed by atoms with E-state index in [1.807, 2.05) is 31.2 Å². The standard InChI is InChI=1S/C21H23FN2O2/c1-14(23-20(25)13-10-16-4-2-3-5-19(16)22)15-8-11-18(12-9-15)24-21(26)17-6-7-17/h2-5,8-9,11-12,14,17H,6-7,10,13H2,1H3,(H,23,25)(H,24,26). The molecule has 3 rings (SSSR count). The van der Waals surface area contributed by atoms with Crippen molar-refractivity contribution in [3.8, 4) is 0 Å². The van der Waals surface area contributed by atoms with Crippen LogP contribution in [0.15, 0.2) is 48.5 Å². The van der Waals surface area contributed by atoms with Crippen LogP contribution < -0.4 is 10.6 Å². The van der Waals surface area contributed by atoms with Gasteiger partial charge in [-0.2, -0.15) is 0 Å². The molecule has 1 fully saturated rings. The predicted molar refractivity (Wildman–Crippen MR) is 99.1 cm³/mol. The average molecular weight is 354 g/mol. The molecule has 1 atom stereocenters. The molecule has 0 saturated heterocycles. The van der Waals surface area contributed by atoms with E-state index in [0.717, 1.165) is 24.1 Å². The Morgan fingerprint density at radius 3 is 2.46 bits per heavy atom. The second-order valence-corrected chi connectivity index (χ2v) is 6.77. The van der Waals surface area contributed by atoms with Crippen LogP contribution in [0.5, 0.6) is 0 Å². The fraction of sp³-hybridized carbons (Fsp3) is 0.333. The summed E-state index contributed by atoms with van der Waals surface area (Å²) in [6.07, 6.45) is 2.55. The minimum atomic E-state index is -0.280. The Balaban J connectivity index is 1.49. The number of rotatable bonds is 7. The fourth-order valence-corrected chi connectivity index (χ4v) is 2.79. The molecule has 0 aromatic heterocycles. The van der Waals surface area contributed by atoms with Crippen LogP contribution in [0.25, 0.3) is 0 Å². The molecule has 2 N–H and O–H groups in total. The maximum absolute atomic E-state index is 13.6. The van der Waals surface area contributed by atoms with Crippen molar-refractivity contribution in [2.24, 2.45) is 5.92 Å². The van der Waals surface area contributed by atoms with Crippen LogP contribution in [0.2, 0.25) is 0 Å². The smallest absolute Gasteiger partial charge is 0.227 e. The lowest BCUT2D eigenvalue weighted by Gasteiger charge is -2.15. The highest BCUT2D eigenvalue weighted by molar-refractivity contribution is 5.94. The summed E-state index contributed by atoms with van der Waals surface area (Å²) in [4.78, 5) is 23.9. The second kappa shape index (κ2) is 8.13. The first-order chi connectivity index (χ1) is 12.5. The lowest BCUT2D eigenvalue weighted by molar-refractivity contribution is -0.121. The number of anilines is 1. The zero-order valence-corrected chi connectivity index (χ0v) is 14.8. The largest absolute Gasteiger partial charge is 0.350 e. The average Bonchev–Trinajstić information content (AvgIpc) is 3.47. The van der Waals surface area contributed by atoms with Gasteiger partial charge in [-0.25, -0.2) is 4.39 Å². The first-order valence-electron chi connectivity index (χ1n) is 8.96. The summed E-state index contributed by atoms with van der Waals surface area (Å²) in [6.45, 7) is 1.90. The Morgan fingerprint density at radius 2 is 1.81 bits per heavy atom. The number of hydrogen-bond donors (Lipinski definition) is 2. The van der Waals surface area contributed by atoms with Gasteiger partial charge in [-0.3, -0.25) is 9.59 Å². The van der Waals surface area contributed by atoms with Gasteiger partial charge in [0, 0.05) is 18.0 Å². The molecule has 0 heterocycles. The highest BCUT2D eigenvalue weighted by Gasteiger charge is 2.29. The third kappa shape index (κ3) is 4.91. The maximum Gasteiger partial charge on any atom is 0.227 e. The van der Waals surface area contributed by atoms with E-state index in [0.29, 0.717) is 12.0 Å². The Kier molecular flexibility index (Phi) is 5.66. The summed E-state index contributed by atoms with van der Waals surface area (Å²) in [5, 5.41) is 5.82. The monoisotopic (exact) mass is 354 g/mol. The minimum Gasteiger partial charge on any atom is -0.350 e. The molecule has 136 valence electrons. The van der Waals surface area contributed by atoms with Gasteiger partial charge in [-0.1, -0.05) is 30.3 Å². The number of halogens is 1. The number of nitrogens with one attached hydrogen (secondary N) is 2. The quantitative estimate of drug-likeness (QED) is 0.790. The summed E-state index contributed by atoms with van der Waals surface area (Å²) in [7, 11) is 0. The number of benzene rings is 2. The Hall–Kier alpha value is -2.69. The topological polar surface area (TPSA) is 58.2 Å². The molecule has 1 saturated carbocycles. The molecule has 1 aliphatic rings. The van der Waals surface area contributed by atoms with Gasteiger partial charge in [-0.15, -0.1) is 0 Å². The molecule has 0 radical (unpaired) electrons. The summed E-state index contributed by atoms with van der Waals surface area (Å²) in [6, 6.07) is 13.8. The van der Waals surface area contributed by atoms with Crippen LogP contribution in [-0.2, 0) is 16.0 Å². The molecule has 26 heavy (non-hydrogen) atoms. The maximum atomic E-state index is 13.6. The molecular weight excluding hydrogens is 331 g/mol. The Labute approximate surface area is 152 Å². The molecule has 2 aromatic rings. The van der Waals surface area contributed by atoms with Crippen LogP contribution in [-0.4, -0.2) is 11.8 Å². The zero-order valence-electron chi connectivity index (χ0n) is 14.8. The van der Waals surface area contributed by atoms with Crippen LogP contribution >= 0.6 is 0 Å². The highest BCUT2D eigenvalue weighted by Crippen LogP contribution is 2.30. The van der Waals surface area contributed by atoms with Gasteiger partial charge in [0.15, 0.2) is 0 Å². The van der Waals surface area contributed by atoms with E-state index in [-0.39, 0.29) is 36.0 Å². The highest BCUT2D eigenvalue weighted by atomic mass is 19.1. The van der Waals surface area contributed by atoms with E-state index in [2.05, 4.69) is 10.6 Å². The molecule has 0 aliphatic heterocycles. The molecule has 0 spiro atoms. The minimum absolute atomic E-state index is 0.0762. The van der Waals surface area contributed by atoms with Crippen molar-refractivity contribution in [1.29, 1.82) is 0 Å². The number of amides is 2. The SMILES string of the molecule is CC(NC(=O)CCc1ccccc1F)c1ccc(NC(=O)C2CC2)cc1. The van der Waals surface area contributed by atoms with Crippen LogP contribution in [0.1, 0.15) is 43.4 Å². The third-order valence-corrected chi connectivity index (χ3v) is 4.58. The summed E-state index contributed by atoms with van der Waals surface area (Å²) in [5.74, 6) is -0.154.